The smallest absolute Gasteiger partial charge is 0.131 e. The van der Waals surface area contributed by atoms with Gasteiger partial charge in [0, 0.05) is 27.1 Å². The molecule has 3 rings (SSSR count). The molecule has 1 aliphatic heterocycles. The van der Waals surface area contributed by atoms with Crippen molar-refractivity contribution in [2.75, 3.05) is 20.8 Å². The first-order chi connectivity index (χ1) is 9.71. The van der Waals surface area contributed by atoms with E-state index >= 15 is 0 Å². The van der Waals surface area contributed by atoms with Crippen molar-refractivity contribution in [2.45, 2.75) is 31.7 Å². The molecule has 2 aromatic rings. The maximum Gasteiger partial charge on any atom is 0.131 e. The van der Waals surface area contributed by atoms with Crippen molar-refractivity contribution >= 4 is 21.4 Å². The number of ether oxygens (including phenoxy) is 2. The standard InChI is InChI=1S/C16H21NO2S/c1-10-6-11(4-5-17-10)15-9-13-14(19-3)7-12(18-2)8-16(13)20-15/h7-11,17H,4-6H2,1-3H3/t10-,11+/m0/s1. The molecule has 0 unspecified atom stereocenters. The van der Waals surface area contributed by atoms with Gasteiger partial charge in [-0.25, -0.2) is 0 Å². The summed E-state index contributed by atoms with van der Waals surface area (Å²) in [4.78, 5) is 1.47. The van der Waals surface area contributed by atoms with E-state index in [1.165, 1.54) is 27.8 Å². The maximum absolute atomic E-state index is 5.51. The van der Waals surface area contributed by atoms with E-state index in [0.29, 0.717) is 12.0 Å². The van der Waals surface area contributed by atoms with Crippen molar-refractivity contribution in [2.24, 2.45) is 0 Å². The van der Waals surface area contributed by atoms with Crippen LogP contribution >= 0.6 is 11.3 Å². The Balaban J connectivity index is 2.01. The van der Waals surface area contributed by atoms with Gasteiger partial charge >= 0.3 is 0 Å². The van der Waals surface area contributed by atoms with Crippen LogP contribution in [0.2, 0.25) is 0 Å². The lowest BCUT2D eigenvalue weighted by Gasteiger charge is -2.27. The summed E-state index contributed by atoms with van der Waals surface area (Å²) < 4.78 is 12.1. The van der Waals surface area contributed by atoms with Crippen LogP contribution in [-0.4, -0.2) is 26.8 Å². The van der Waals surface area contributed by atoms with Crippen molar-refractivity contribution in [3.8, 4) is 11.5 Å². The molecule has 2 heterocycles. The molecule has 0 radical (unpaired) electrons. The number of hydrogen-bond donors (Lipinski definition) is 1. The Kier molecular flexibility index (Phi) is 3.85. The zero-order chi connectivity index (χ0) is 14.1. The third-order valence-electron chi connectivity index (χ3n) is 4.07. The van der Waals surface area contributed by atoms with Crippen LogP contribution in [0.5, 0.6) is 11.5 Å². The molecule has 1 saturated heterocycles. The Morgan fingerprint density at radius 3 is 2.75 bits per heavy atom. The average Bonchev–Trinajstić information content (AvgIpc) is 2.90. The van der Waals surface area contributed by atoms with Gasteiger partial charge in [0.05, 0.1) is 14.2 Å². The molecular formula is C16H21NO2S. The predicted octanol–water partition coefficient (Wildman–Crippen LogP) is 3.77. The van der Waals surface area contributed by atoms with Crippen LogP contribution < -0.4 is 14.8 Å². The molecular weight excluding hydrogens is 270 g/mol. The van der Waals surface area contributed by atoms with Crippen molar-refractivity contribution in [1.82, 2.24) is 5.32 Å². The number of nitrogens with one attached hydrogen (secondary N) is 1. The average molecular weight is 291 g/mol. The highest BCUT2D eigenvalue weighted by Crippen LogP contribution is 2.41. The van der Waals surface area contributed by atoms with E-state index in [9.17, 15) is 0 Å². The van der Waals surface area contributed by atoms with Gasteiger partial charge < -0.3 is 14.8 Å². The van der Waals surface area contributed by atoms with Crippen LogP contribution in [0.1, 0.15) is 30.6 Å². The molecule has 1 N–H and O–H groups in total. The topological polar surface area (TPSA) is 30.5 Å². The summed E-state index contributed by atoms with van der Waals surface area (Å²) in [5.41, 5.74) is 0. The van der Waals surface area contributed by atoms with E-state index in [1.807, 2.05) is 17.4 Å². The molecule has 0 amide bonds. The van der Waals surface area contributed by atoms with E-state index in [2.05, 4.69) is 24.4 Å². The summed E-state index contributed by atoms with van der Waals surface area (Å²) in [6.45, 7) is 3.38. The molecule has 1 aromatic heterocycles. The van der Waals surface area contributed by atoms with Crippen LogP contribution in [0.25, 0.3) is 10.1 Å². The zero-order valence-corrected chi connectivity index (χ0v) is 13.0. The second-order valence-corrected chi connectivity index (χ2v) is 6.58. The summed E-state index contributed by atoms with van der Waals surface area (Å²) in [5, 5.41) is 4.72. The fourth-order valence-corrected chi connectivity index (χ4v) is 4.24. The number of fused-ring (bicyclic) bond motifs is 1. The number of piperidine rings is 1. The van der Waals surface area contributed by atoms with Gasteiger partial charge in [-0.05, 0) is 44.4 Å². The predicted molar refractivity (Wildman–Crippen MR) is 84.4 cm³/mol. The van der Waals surface area contributed by atoms with Gasteiger partial charge in [0.15, 0.2) is 0 Å². The molecule has 20 heavy (non-hydrogen) atoms. The van der Waals surface area contributed by atoms with E-state index in [0.717, 1.165) is 18.0 Å². The monoisotopic (exact) mass is 291 g/mol. The summed E-state index contributed by atoms with van der Waals surface area (Å²) in [6.07, 6.45) is 2.43. The number of thiophene rings is 1. The maximum atomic E-state index is 5.51. The van der Waals surface area contributed by atoms with E-state index in [-0.39, 0.29) is 0 Å². The van der Waals surface area contributed by atoms with Crippen molar-refractivity contribution in [1.29, 1.82) is 0 Å². The minimum absolute atomic E-state index is 0.607. The second kappa shape index (κ2) is 5.62. The molecule has 1 aromatic carbocycles. The van der Waals surface area contributed by atoms with Crippen molar-refractivity contribution in [3.63, 3.8) is 0 Å². The molecule has 0 spiro atoms. The third-order valence-corrected chi connectivity index (χ3v) is 5.32. The molecule has 1 fully saturated rings. The molecule has 4 heteroatoms. The molecule has 3 nitrogen and oxygen atoms in total. The molecule has 0 bridgehead atoms. The first-order valence-electron chi connectivity index (χ1n) is 7.10. The van der Waals surface area contributed by atoms with Crippen LogP contribution in [-0.2, 0) is 0 Å². The van der Waals surface area contributed by atoms with Gasteiger partial charge in [0.2, 0.25) is 0 Å². The van der Waals surface area contributed by atoms with Crippen LogP contribution in [0.4, 0.5) is 0 Å². The van der Waals surface area contributed by atoms with Gasteiger partial charge in [-0.15, -0.1) is 11.3 Å². The SMILES string of the molecule is COc1cc(OC)c2cc([C@@H]3CCN[C@@H](C)C3)sc2c1. The van der Waals surface area contributed by atoms with Gasteiger partial charge in [-0.1, -0.05) is 0 Å². The first-order valence-corrected chi connectivity index (χ1v) is 7.91. The lowest BCUT2D eigenvalue weighted by atomic mass is 9.92. The second-order valence-electron chi connectivity index (χ2n) is 5.47. The molecule has 0 saturated carbocycles. The van der Waals surface area contributed by atoms with Gasteiger partial charge in [0.25, 0.3) is 0 Å². The minimum atomic E-state index is 0.607. The molecule has 0 aliphatic carbocycles. The van der Waals surface area contributed by atoms with Gasteiger partial charge in [-0.3, -0.25) is 0 Å². The van der Waals surface area contributed by atoms with Crippen molar-refractivity contribution in [3.05, 3.63) is 23.1 Å². The van der Waals surface area contributed by atoms with E-state index < -0.39 is 0 Å². The lowest BCUT2D eigenvalue weighted by Crippen LogP contribution is -2.34. The van der Waals surface area contributed by atoms with Gasteiger partial charge in [0.1, 0.15) is 11.5 Å². The Hall–Kier alpha value is -1.26. The Bertz CT molecular complexity index is 608. The number of rotatable bonds is 3. The summed E-state index contributed by atoms with van der Waals surface area (Å²) in [5.74, 6) is 2.43. The van der Waals surface area contributed by atoms with E-state index in [1.54, 1.807) is 14.2 Å². The lowest BCUT2D eigenvalue weighted by molar-refractivity contribution is 0.384. The van der Waals surface area contributed by atoms with Crippen molar-refractivity contribution < 1.29 is 9.47 Å². The summed E-state index contributed by atoms with van der Waals surface area (Å²) in [6, 6.07) is 6.98. The quantitative estimate of drug-likeness (QED) is 0.933. The molecule has 108 valence electrons. The fourth-order valence-electron chi connectivity index (χ4n) is 2.98. The zero-order valence-electron chi connectivity index (χ0n) is 12.2. The van der Waals surface area contributed by atoms with E-state index in [4.69, 9.17) is 9.47 Å². The third kappa shape index (κ3) is 2.50. The molecule has 2 atom stereocenters. The summed E-state index contributed by atoms with van der Waals surface area (Å²) >= 11 is 1.88. The van der Waals surface area contributed by atoms with Crippen LogP contribution in [0.15, 0.2) is 18.2 Å². The number of methoxy groups -OCH3 is 2. The first kappa shape index (κ1) is 13.7. The Morgan fingerprint density at radius 1 is 1.20 bits per heavy atom. The normalized spacial score (nSPS) is 22.9. The number of hydrogen-bond acceptors (Lipinski definition) is 4. The van der Waals surface area contributed by atoms with Gasteiger partial charge in [-0.2, -0.15) is 0 Å². The minimum Gasteiger partial charge on any atom is -0.497 e. The Morgan fingerprint density at radius 2 is 2.05 bits per heavy atom. The highest BCUT2D eigenvalue weighted by molar-refractivity contribution is 7.19. The largest absolute Gasteiger partial charge is 0.497 e. The Labute approximate surface area is 123 Å². The highest BCUT2D eigenvalue weighted by Gasteiger charge is 2.22. The number of benzene rings is 1. The summed E-state index contributed by atoms with van der Waals surface area (Å²) in [7, 11) is 3.42. The highest BCUT2D eigenvalue weighted by atomic mass is 32.1. The van der Waals surface area contributed by atoms with Crippen LogP contribution in [0, 0.1) is 0 Å². The molecule has 1 aliphatic rings. The van der Waals surface area contributed by atoms with Crippen LogP contribution in [0.3, 0.4) is 0 Å². The fraction of sp³-hybridized carbons (Fsp3) is 0.500.